The van der Waals surface area contributed by atoms with E-state index in [9.17, 15) is 4.79 Å². The molecule has 1 N–H and O–H groups in total. The molecule has 1 heterocycles. The summed E-state index contributed by atoms with van der Waals surface area (Å²) >= 11 is 6.93. The minimum absolute atomic E-state index is 0.235. The molecule has 0 aliphatic carbocycles. The first-order chi connectivity index (χ1) is 8.16. The van der Waals surface area contributed by atoms with E-state index in [1.54, 1.807) is 24.3 Å². The molecule has 0 spiro atoms. The molecule has 0 atom stereocenters. The fraction of sp³-hybridized carbons (Fsp3) is 0. The van der Waals surface area contributed by atoms with Crippen molar-refractivity contribution >= 4 is 29.3 Å². The number of carboxylic acid groups (broad SMARTS) is 1. The van der Waals surface area contributed by atoms with Crippen LogP contribution >= 0.6 is 23.4 Å². The van der Waals surface area contributed by atoms with Crippen LogP contribution in [0.5, 0.6) is 0 Å². The van der Waals surface area contributed by atoms with Gasteiger partial charge in [-0.3, -0.25) is 4.98 Å². The van der Waals surface area contributed by atoms with Crippen LogP contribution in [-0.4, -0.2) is 21.0 Å². The van der Waals surface area contributed by atoms with E-state index in [0.29, 0.717) is 9.92 Å². The molecule has 2 aromatic rings. The maximum absolute atomic E-state index is 11.0. The molecule has 0 radical (unpaired) electrons. The lowest BCUT2D eigenvalue weighted by Crippen LogP contribution is -1.98. The van der Waals surface area contributed by atoms with E-state index in [-0.39, 0.29) is 10.7 Å². The maximum Gasteiger partial charge on any atom is 0.336 e. The maximum atomic E-state index is 11.0. The van der Waals surface area contributed by atoms with Gasteiger partial charge in [0.1, 0.15) is 10.2 Å². The molecule has 17 heavy (non-hydrogen) atoms. The van der Waals surface area contributed by atoms with E-state index in [0.717, 1.165) is 0 Å². The highest BCUT2D eigenvalue weighted by atomic mass is 35.5. The summed E-state index contributed by atoms with van der Waals surface area (Å²) in [5.41, 5.74) is 0.235. The Balaban J connectivity index is 2.33. The number of hydrogen-bond acceptors (Lipinski definition) is 4. The predicted molar refractivity (Wildman–Crippen MR) is 64.6 cm³/mol. The van der Waals surface area contributed by atoms with Crippen LogP contribution < -0.4 is 0 Å². The summed E-state index contributed by atoms with van der Waals surface area (Å²) in [6.07, 6.45) is 2.96. The molecule has 86 valence electrons. The number of carbonyl (C=O) groups is 1. The van der Waals surface area contributed by atoms with Gasteiger partial charge < -0.3 is 5.11 Å². The first kappa shape index (κ1) is 11.9. The van der Waals surface area contributed by atoms with Gasteiger partial charge in [-0.15, -0.1) is 0 Å². The van der Waals surface area contributed by atoms with Gasteiger partial charge in [-0.1, -0.05) is 35.5 Å². The molecule has 0 bridgehead atoms. The Morgan fingerprint density at radius 1 is 1.29 bits per heavy atom. The average molecular weight is 267 g/mol. The van der Waals surface area contributed by atoms with Crippen LogP contribution in [0.3, 0.4) is 0 Å². The molecule has 6 heteroatoms. The van der Waals surface area contributed by atoms with Gasteiger partial charge >= 0.3 is 5.97 Å². The zero-order valence-electron chi connectivity index (χ0n) is 8.50. The first-order valence-electron chi connectivity index (χ1n) is 4.64. The SMILES string of the molecule is O=C(O)c1ccccc1Sc1cncc(Cl)n1. The van der Waals surface area contributed by atoms with Crippen LogP contribution in [0.4, 0.5) is 0 Å². The van der Waals surface area contributed by atoms with Crippen LogP contribution in [0.2, 0.25) is 5.15 Å². The lowest BCUT2D eigenvalue weighted by molar-refractivity contribution is 0.0693. The molecule has 0 saturated carbocycles. The smallest absolute Gasteiger partial charge is 0.336 e. The van der Waals surface area contributed by atoms with Crippen molar-refractivity contribution in [1.82, 2.24) is 9.97 Å². The molecular weight excluding hydrogens is 260 g/mol. The van der Waals surface area contributed by atoms with Gasteiger partial charge in [-0.25, -0.2) is 9.78 Å². The number of hydrogen-bond donors (Lipinski definition) is 1. The highest BCUT2D eigenvalue weighted by Crippen LogP contribution is 2.29. The molecule has 1 aromatic carbocycles. The minimum atomic E-state index is -0.969. The van der Waals surface area contributed by atoms with Gasteiger partial charge in [0.25, 0.3) is 0 Å². The summed E-state index contributed by atoms with van der Waals surface area (Å²) in [6, 6.07) is 6.71. The van der Waals surface area contributed by atoms with Gasteiger partial charge in [0.15, 0.2) is 0 Å². The van der Waals surface area contributed by atoms with Crippen molar-refractivity contribution in [1.29, 1.82) is 0 Å². The second kappa shape index (κ2) is 5.16. The number of carboxylic acids is 1. The van der Waals surface area contributed by atoms with Crippen LogP contribution in [0, 0.1) is 0 Å². The third kappa shape index (κ3) is 2.95. The van der Waals surface area contributed by atoms with E-state index in [2.05, 4.69) is 9.97 Å². The molecule has 1 aromatic heterocycles. The fourth-order valence-corrected chi connectivity index (χ4v) is 2.31. The van der Waals surface area contributed by atoms with E-state index < -0.39 is 5.97 Å². The van der Waals surface area contributed by atoms with Gasteiger partial charge in [-0.2, -0.15) is 0 Å². The summed E-state index contributed by atoms with van der Waals surface area (Å²) in [7, 11) is 0. The Bertz CT molecular complexity index is 563. The highest BCUT2D eigenvalue weighted by molar-refractivity contribution is 7.99. The molecule has 0 fully saturated rings. The van der Waals surface area contributed by atoms with Gasteiger partial charge in [0.2, 0.25) is 0 Å². The normalized spacial score (nSPS) is 10.2. The van der Waals surface area contributed by atoms with Crippen molar-refractivity contribution < 1.29 is 9.90 Å². The molecule has 0 aliphatic heterocycles. The molecule has 0 aliphatic rings. The van der Waals surface area contributed by atoms with Crippen molar-refractivity contribution in [3.63, 3.8) is 0 Å². The quantitative estimate of drug-likeness (QED) is 0.925. The van der Waals surface area contributed by atoms with Crippen LogP contribution in [0.1, 0.15) is 10.4 Å². The van der Waals surface area contributed by atoms with Crippen LogP contribution in [-0.2, 0) is 0 Å². The van der Waals surface area contributed by atoms with E-state index in [4.69, 9.17) is 16.7 Å². The van der Waals surface area contributed by atoms with Crippen LogP contribution in [0.25, 0.3) is 0 Å². The molecule has 0 saturated heterocycles. The lowest BCUT2D eigenvalue weighted by atomic mass is 10.2. The average Bonchev–Trinajstić information content (AvgIpc) is 2.29. The van der Waals surface area contributed by atoms with Crippen molar-refractivity contribution in [3.8, 4) is 0 Å². The zero-order chi connectivity index (χ0) is 12.3. The van der Waals surface area contributed by atoms with Crippen molar-refractivity contribution in [3.05, 3.63) is 47.4 Å². The number of aromatic carboxylic acids is 1. The van der Waals surface area contributed by atoms with Gasteiger partial charge in [0.05, 0.1) is 18.0 Å². The summed E-state index contributed by atoms with van der Waals surface area (Å²) in [6.45, 7) is 0. The topological polar surface area (TPSA) is 63.1 Å². The largest absolute Gasteiger partial charge is 0.478 e. The second-order valence-corrected chi connectivity index (χ2v) is 4.53. The number of aromatic nitrogens is 2. The number of benzene rings is 1. The number of halogens is 1. The van der Waals surface area contributed by atoms with E-state index >= 15 is 0 Å². The van der Waals surface area contributed by atoms with E-state index in [1.165, 1.54) is 24.2 Å². The van der Waals surface area contributed by atoms with Crippen molar-refractivity contribution in [2.75, 3.05) is 0 Å². The Labute approximate surface area is 107 Å². The summed E-state index contributed by atoms with van der Waals surface area (Å²) in [5, 5.41) is 9.86. The predicted octanol–water partition coefficient (Wildman–Crippen LogP) is 2.98. The van der Waals surface area contributed by atoms with Crippen molar-refractivity contribution in [2.24, 2.45) is 0 Å². The summed E-state index contributed by atoms with van der Waals surface area (Å²) in [5.74, 6) is -0.969. The Morgan fingerprint density at radius 2 is 2.06 bits per heavy atom. The van der Waals surface area contributed by atoms with Gasteiger partial charge in [0, 0.05) is 4.90 Å². The molecule has 2 rings (SSSR count). The zero-order valence-corrected chi connectivity index (χ0v) is 10.1. The first-order valence-corrected chi connectivity index (χ1v) is 5.84. The minimum Gasteiger partial charge on any atom is -0.478 e. The Morgan fingerprint density at radius 3 is 2.76 bits per heavy atom. The summed E-state index contributed by atoms with van der Waals surface area (Å²) < 4.78 is 0. The summed E-state index contributed by atoms with van der Waals surface area (Å²) in [4.78, 5) is 19.5. The third-order valence-corrected chi connectivity index (χ3v) is 3.08. The third-order valence-electron chi connectivity index (χ3n) is 1.92. The van der Waals surface area contributed by atoms with Crippen molar-refractivity contribution in [2.45, 2.75) is 9.92 Å². The molecular formula is C11H7ClN2O2S. The second-order valence-electron chi connectivity index (χ2n) is 3.08. The van der Waals surface area contributed by atoms with E-state index in [1.807, 2.05) is 0 Å². The van der Waals surface area contributed by atoms with Crippen LogP contribution in [0.15, 0.2) is 46.6 Å². The lowest BCUT2D eigenvalue weighted by Gasteiger charge is -2.04. The van der Waals surface area contributed by atoms with Gasteiger partial charge in [-0.05, 0) is 12.1 Å². The fourth-order valence-electron chi connectivity index (χ4n) is 1.22. The molecule has 0 amide bonds. The standard InChI is InChI=1S/C11H7ClN2O2S/c12-9-5-13-6-10(14-9)17-8-4-2-1-3-7(8)11(15)16/h1-6H,(H,15,16). The monoisotopic (exact) mass is 266 g/mol. The number of nitrogens with zero attached hydrogens (tertiary/aromatic N) is 2. The number of rotatable bonds is 3. The Hall–Kier alpha value is -1.59. The highest BCUT2D eigenvalue weighted by Gasteiger charge is 2.10. The molecule has 0 unspecified atom stereocenters. The Kier molecular flexibility index (Phi) is 3.61. The molecule has 4 nitrogen and oxygen atoms in total.